The van der Waals surface area contributed by atoms with Crippen LogP contribution in [0.3, 0.4) is 0 Å². The fraction of sp³-hybridized carbons (Fsp3) is 0.294. The van der Waals surface area contributed by atoms with E-state index in [1.807, 2.05) is 42.5 Å². The standard InChI is InChI=1S/C17H22N/c1-5-10-17(18(3,4)15-6-2)14-13-16-11-8-7-9-12-16/h5-9,11-12,17H,1-2,10,15H2,3-4H3/q+1/t17-/m1/s1. The second kappa shape index (κ2) is 6.83. The molecular formula is C17H22N+. The Kier molecular flexibility index (Phi) is 5.42. The lowest BCUT2D eigenvalue weighted by Crippen LogP contribution is -2.48. The number of quaternary nitrogens is 1. The van der Waals surface area contributed by atoms with Gasteiger partial charge in [-0.25, -0.2) is 0 Å². The molecule has 0 N–H and O–H groups in total. The Morgan fingerprint density at radius 2 is 1.83 bits per heavy atom. The molecule has 0 saturated heterocycles. The van der Waals surface area contributed by atoms with E-state index in [-0.39, 0.29) is 6.04 Å². The van der Waals surface area contributed by atoms with Crippen LogP contribution in [-0.4, -0.2) is 31.2 Å². The van der Waals surface area contributed by atoms with E-state index in [0.29, 0.717) is 0 Å². The van der Waals surface area contributed by atoms with Gasteiger partial charge in [0.1, 0.15) is 0 Å². The van der Waals surface area contributed by atoms with Crippen molar-refractivity contribution in [1.82, 2.24) is 0 Å². The monoisotopic (exact) mass is 240 g/mol. The highest BCUT2D eigenvalue weighted by Gasteiger charge is 2.23. The van der Waals surface area contributed by atoms with Gasteiger partial charge in [0, 0.05) is 12.0 Å². The van der Waals surface area contributed by atoms with Crippen molar-refractivity contribution in [2.45, 2.75) is 12.5 Å². The minimum absolute atomic E-state index is 0.251. The molecule has 1 heteroatoms. The van der Waals surface area contributed by atoms with Crippen molar-refractivity contribution in [1.29, 1.82) is 0 Å². The van der Waals surface area contributed by atoms with E-state index in [9.17, 15) is 0 Å². The maximum absolute atomic E-state index is 3.83. The molecule has 18 heavy (non-hydrogen) atoms. The van der Waals surface area contributed by atoms with Crippen LogP contribution in [0.2, 0.25) is 0 Å². The molecule has 1 aromatic carbocycles. The third-order valence-electron chi connectivity index (χ3n) is 2.99. The summed E-state index contributed by atoms with van der Waals surface area (Å²) in [5.74, 6) is 6.61. The lowest BCUT2D eigenvalue weighted by atomic mass is 10.1. The van der Waals surface area contributed by atoms with Crippen molar-refractivity contribution >= 4 is 0 Å². The second-order valence-corrected chi connectivity index (χ2v) is 4.93. The average molecular weight is 240 g/mol. The number of likely N-dealkylation sites (N-methyl/N-ethyl adjacent to an activating group) is 1. The molecule has 0 unspecified atom stereocenters. The Morgan fingerprint density at radius 1 is 1.17 bits per heavy atom. The molecule has 1 rings (SSSR count). The lowest BCUT2D eigenvalue weighted by molar-refractivity contribution is -0.900. The van der Waals surface area contributed by atoms with Gasteiger partial charge in [0.05, 0.1) is 20.6 Å². The minimum Gasteiger partial charge on any atom is -0.312 e. The number of hydrogen-bond acceptors (Lipinski definition) is 0. The largest absolute Gasteiger partial charge is 0.312 e. The molecule has 0 amide bonds. The van der Waals surface area contributed by atoms with Gasteiger partial charge < -0.3 is 4.48 Å². The minimum atomic E-state index is 0.251. The fourth-order valence-corrected chi connectivity index (χ4v) is 1.82. The van der Waals surface area contributed by atoms with Crippen LogP contribution in [0.1, 0.15) is 12.0 Å². The number of nitrogens with zero attached hydrogens (tertiary/aromatic N) is 1. The molecule has 0 saturated carbocycles. The number of benzene rings is 1. The summed E-state index contributed by atoms with van der Waals surface area (Å²) in [4.78, 5) is 0. The van der Waals surface area contributed by atoms with Gasteiger partial charge in [0.25, 0.3) is 0 Å². The first kappa shape index (κ1) is 14.3. The van der Waals surface area contributed by atoms with E-state index < -0.39 is 0 Å². The van der Waals surface area contributed by atoms with Crippen molar-refractivity contribution in [3.05, 3.63) is 61.2 Å². The number of hydrogen-bond donors (Lipinski definition) is 0. The molecule has 0 bridgehead atoms. The van der Waals surface area contributed by atoms with Crippen LogP contribution in [0, 0.1) is 11.8 Å². The van der Waals surface area contributed by atoms with Crippen LogP contribution in [0.4, 0.5) is 0 Å². The summed E-state index contributed by atoms with van der Waals surface area (Å²) >= 11 is 0. The SMILES string of the molecule is C=CC[C@H](C#Cc1ccccc1)[N+](C)(C)CC=C. The second-order valence-electron chi connectivity index (χ2n) is 4.93. The molecule has 0 radical (unpaired) electrons. The van der Waals surface area contributed by atoms with Gasteiger partial charge in [-0.3, -0.25) is 0 Å². The van der Waals surface area contributed by atoms with Gasteiger partial charge in [-0.05, 0) is 24.1 Å². The Balaban J connectivity index is 2.90. The summed E-state index contributed by atoms with van der Waals surface area (Å²) in [6.07, 6.45) is 4.77. The highest BCUT2D eigenvalue weighted by molar-refractivity contribution is 5.34. The summed E-state index contributed by atoms with van der Waals surface area (Å²) in [7, 11) is 4.35. The summed E-state index contributed by atoms with van der Waals surface area (Å²) in [5, 5.41) is 0. The van der Waals surface area contributed by atoms with Crippen LogP contribution in [0.15, 0.2) is 55.6 Å². The highest BCUT2D eigenvalue weighted by atomic mass is 15.3. The molecule has 0 aliphatic rings. The predicted octanol–water partition coefficient (Wildman–Crippen LogP) is 3.25. The van der Waals surface area contributed by atoms with E-state index in [2.05, 4.69) is 39.1 Å². The van der Waals surface area contributed by atoms with Crippen molar-refractivity contribution in [2.24, 2.45) is 0 Å². The summed E-state index contributed by atoms with van der Waals surface area (Å²) in [5.41, 5.74) is 1.06. The molecule has 0 fully saturated rings. The van der Waals surface area contributed by atoms with Gasteiger partial charge in [-0.2, -0.15) is 0 Å². The summed E-state index contributed by atoms with van der Waals surface area (Å²) < 4.78 is 0.815. The quantitative estimate of drug-likeness (QED) is 0.421. The lowest BCUT2D eigenvalue weighted by Gasteiger charge is -2.33. The van der Waals surface area contributed by atoms with E-state index in [0.717, 1.165) is 23.0 Å². The predicted molar refractivity (Wildman–Crippen MR) is 79.1 cm³/mol. The maximum atomic E-state index is 3.83. The van der Waals surface area contributed by atoms with E-state index in [1.165, 1.54) is 0 Å². The van der Waals surface area contributed by atoms with Crippen LogP contribution >= 0.6 is 0 Å². The van der Waals surface area contributed by atoms with Gasteiger partial charge in [-0.15, -0.1) is 6.58 Å². The maximum Gasteiger partial charge on any atom is 0.154 e. The van der Waals surface area contributed by atoms with Gasteiger partial charge in [0.2, 0.25) is 0 Å². The molecule has 0 aromatic heterocycles. The van der Waals surface area contributed by atoms with Crippen LogP contribution in [0.5, 0.6) is 0 Å². The summed E-state index contributed by atoms with van der Waals surface area (Å²) in [6.45, 7) is 8.55. The molecule has 0 spiro atoms. The van der Waals surface area contributed by atoms with Crippen molar-refractivity contribution in [3.8, 4) is 11.8 Å². The van der Waals surface area contributed by atoms with Gasteiger partial charge in [-0.1, -0.05) is 36.8 Å². The molecule has 94 valence electrons. The van der Waals surface area contributed by atoms with E-state index >= 15 is 0 Å². The van der Waals surface area contributed by atoms with Gasteiger partial charge >= 0.3 is 0 Å². The zero-order valence-electron chi connectivity index (χ0n) is 11.4. The Hall–Kier alpha value is -1.78. The molecule has 0 aliphatic carbocycles. The first-order valence-corrected chi connectivity index (χ1v) is 6.21. The Labute approximate surface area is 111 Å². The van der Waals surface area contributed by atoms with Crippen LogP contribution < -0.4 is 0 Å². The molecule has 1 nitrogen and oxygen atoms in total. The van der Waals surface area contributed by atoms with E-state index in [1.54, 1.807) is 0 Å². The Bertz CT molecular complexity index is 445. The Morgan fingerprint density at radius 3 is 2.39 bits per heavy atom. The highest BCUT2D eigenvalue weighted by Crippen LogP contribution is 2.11. The molecule has 1 atom stereocenters. The topological polar surface area (TPSA) is 0 Å². The molecular weight excluding hydrogens is 218 g/mol. The van der Waals surface area contributed by atoms with Crippen molar-refractivity contribution in [2.75, 3.05) is 20.6 Å². The van der Waals surface area contributed by atoms with Crippen LogP contribution in [0.25, 0.3) is 0 Å². The van der Waals surface area contributed by atoms with Crippen LogP contribution in [-0.2, 0) is 0 Å². The third kappa shape index (κ3) is 4.24. The normalized spacial score (nSPS) is 12.1. The summed E-state index contributed by atoms with van der Waals surface area (Å²) in [6, 6.07) is 10.3. The molecule has 1 aromatic rings. The zero-order chi connectivity index (χ0) is 13.4. The first-order chi connectivity index (χ1) is 8.60. The fourth-order valence-electron chi connectivity index (χ4n) is 1.82. The number of rotatable bonds is 5. The van der Waals surface area contributed by atoms with Crippen molar-refractivity contribution < 1.29 is 4.48 Å². The van der Waals surface area contributed by atoms with Gasteiger partial charge in [0.15, 0.2) is 6.04 Å². The average Bonchev–Trinajstić information content (AvgIpc) is 2.35. The first-order valence-electron chi connectivity index (χ1n) is 6.21. The molecule has 0 aliphatic heterocycles. The zero-order valence-corrected chi connectivity index (χ0v) is 11.4. The third-order valence-corrected chi connectivity index (χ3v) is 2.99. The smallest absolute Gasteiger partial charge is 0.154 e. The van der Waals surface area contributed by atoms with Crippen molar-refractivity contribution in [3.63, 3.8) is 0 Å². The molecule has 0 heterocycles. The van der Waals surface area contributed by atoms with E-state index in [4.69, 9.17) is 0 Å².